The van der Waals surface area contributed by atoms with Crippen molar-refractivity contribution < 1.29 is 19.7 Å². The maximum absolute atomic E-state index is 12.7. The second kappa shape index (κ2) is 28.9. The second-order valence-corrected chi connectivity index (χ2v) is 12.5. The van der Waals surface area contributed by atoms with Crippen LogP contribution in [0.25, 0.3) is 0 Å². The van der Waals surface area contributed by atoms with Crippen molar-refractivity contribution in [2.24, 2.45) is 11.3 Å². The lowest BCUT2D eigenvalue weighted by Crippen LogP contribution is -2.35. The van der Waals surface area contributed by atoms with Gasteiger partial charge in [0.2, 0.25) is 0 Å². The monoisotopic (exact) mass is 555 g/mol. The fourth-order valence-corrected chi connectivity index (χ4v) is 5.54. The zero-order chi connectivity index (χ0) is 28.9. The Labute approximate surface area is 244 Å². The third-order valence-corrected chi connectivity index (χ3v) is 8.85. The zero-order valence-electron chi connectivity index (χ0n) is 26.8. The maximum atomic E-state index is 12.7. The number of carbonyl (C=O) groups is 1. The van der Waals surface area contributed by atoms with E-state index >= 15 is 0 Å². The van der Waals surface area contributed by atoms with Crippen molar-refractivity contribution in [3.63, 3.8) is 0 Å². The van der Waals surface area contributed by atoms with Crippen LogP contribution < -0.4 is 0 Å². The van der Waals surface area contributed by atoms with Gasteiger partial charge in [0.05, 0.1) is 18.6 Å². The van der Waals surface area contributed by atoms with E-state index in [0.717, 1.165) is 12.8 Å². The molecule has 0 amide bonds. The number of hydrogen-bond acceptors (Lipinski definition) is 4. The topological polar surface area (TPSA) is 66.8 Å². The Morgan fingerprint density at radius 1 is 0.564 bits per heavy atom. The van der Waals surface area contributed by atoms with Gasteiger partial charge < -0.3 is 14.9 Å². The fraction of sp³-hybridized carbons (Fsp3) is 0.971. The lowest BCUT2D eigenvalue weighted by molar-refractivity contribution is -0.151. The summed E-state index contributed by atoms with van der Waals surface area (Å²) in [6.45, 7) is 6.26. The molecule has 4 heteroatoms. The molecule has 0 aliphatic carbocycles. The van der Waals surface area contributed by atoms with Gasteiger partial charge >= 0.3 is 5.97 Å². The summed E-state index contributed by atoms with van der Waals surface area (Å²) in [5, 5.41) is 19.3. The van der Waals surface area contributed by atoms with Crippen LogP contribution in [0.3, 0.4) is 0 Å². The van der Waals surface area contributed by atoms with Crippen molar-refractivity contribution in [3.8, 4) is 0 Å². The molecule has 39 heavy (non-hydrogen) atoms. The van der Waals surface area contributed by atoms with Gasteiger partial charge in [-0.1, -0.05) is 162 Å². The number of rotatable bonds is 31. The second-order valence-electron chi connectivity index (χ2n) is 12.5. The molecule has 0 saturated heterocycles. The number of carbonyl (C=O) groups excluding carboxylic acids is 1. The molecule has 0 saturated carbocycles. The average Bonchev–Trinajstić information content (AvgIpc) is 2.95. The molecular formula is C35H70O4. The molecule has 0 bridgehead atoms. The van der Waals surface area contributed by atoms with Gasteiger partial charge in [0.25, 0.3) is 0 Å². The van der Waals surface area contributed by atoms with Crippen LogP contribution in [-0.4, -0.2) is 36.0 Å². The molecule has 0 aromatic carbocycles. The van der Waals surface area contributed by atoms with E-state index in [0.29, 0.717) is 18.8 Å². The Bertz CT molecular complexity index is 495. The highest BCUT2D eigenvalue weighted by Gasteiger charge is 2.29. The van der Waals surface area contributed by atoms with Crippen LogP contribution in [0, 0.1) is 11.3 Å². The molecule has 0 spiro atoms. The third-order valence-electron chi connectivity index (χ3n) is 8.85. The van der Waals surface area contributed by atoms with Gasteiger partial charge in [-0.15, -0.1) is 0 Å². The molecule has 0 aliphatic heterocycles. The number of aliphatic hydroxyl groups excluding tert-OH is 2. The highest BCUT2D eigenvalue weighted by atomic mass is 16.5. The Morgan fingerprint density at radius 3 is 1.21 bits per heavy atom. The first-order chi connectivity index (χ1) is 19.1. The summed E-state index contributed by atoms with van der Waals surface area (Å²) in [6.07, 6.45) is 32.9. The van der Waals surface area contributed by atoms with Crippen molar-refractivity contribution in [2.75, 3.05) is 19.8 Å². The van der Waals surface area contributed by atoms with Gasteiger partial charge in [-0.3, -0.25) is 4.79 Å². The van der Waals surface area contributed by atoms with Crippen LogP contribution in [-0.2, 0) is 9.53 Å². The number of esters is 1. The third kappa shape index (κ3) is 23.8. The molecule has 0 heterocycles. The van der Waals surface area contributed by atoms with E-state index in [-0.39, 0.29) is 25.8 Å². The first-order valence-corrected chi connectivity index (χ1v) is 17.4. The highest BCUT2D eigenvalue weighted by Crippen LogP contribution is 2.25. The van der Waals surface area contributed by atoms with Crippen LogP contribution in [0.2, 0.25) is 0 Å². The molecule has 0 rings (SSSR count). The van der Waals surface area contributed by atoms with Crippen LogP contribution in [0.15, 0.2) is 0 Å². The van der Waals surface area contributed by atoms with E-state index in [1.54, 1.807) is 0 Å². The van der Waals surface area contributed by atoms with Crippen molar-refractivity contribution in [1.29, 1.82) is 0 Å². The predicted octanol–water partition coefficient (Wildman–Crippen LogP) is 10.3. The number of aliphatic hydroxyl groups is 2. The molecule has 0 aromatic heterocycles. The summed E-state index contributed by atoms with van der Waals surface area (Å²) >= 11 is 0. The summed E-state index contributed by atoms with van der Waals surface area (Å²) in [5.74, 6) is 0.236. The molecule has 1 unspecified atom stereocenters. The average molecular weight is 555 g/mol. The van der Waals surface area contributed by atoms with Gasteiger partial charge in [-0.05, 0) is 25.2 Å². The molecular weight excluding hydrogens is 484 g/mol. The van der Waals surface area contributed by atoms with Gasteiger partial charge in [0.1, 0.15) is 6.61 Å². The maximum Gasteiger partial charge on any atom is 0.306 e. The van der Waals surface area contributed by atoms with E-state index in [1.165, 1.54) is 141 Å². The SMILES string of the molecule is CCCCCCCCCCCCCCC(CCCCCCCCCCCC)CC(=O)OCC(CC)(CO)CO. The summed E-state index contributed by atoms with van der Waals surface area (Å²) in [6, 6.07) is 0. The molecule has 4 nitrogen and oxygen atoms in total. The number of ether oxygens (including phenoxy) is 1. The quantitative estimate of drug-likeness (QED) is 0.0660. The Balaban J connectivity index is 4.24. The number of hydrogen-bond donors (Lipinski definition) is 2. The smallest absolute Gasteiger partial charge is 0.306 e. The Morgan fingerprint density at radius 2 is 0.897 bits per heavy atom. The van der Waals surface area contributed by atoms with Gasteiger partial charge in [-0.25, -0.2) is 0 Å². The minimum absolute atomic E-state index is 0.110. The molecule has 0 fully saturated rings. The van der Waals surface area contributed by atoms with E-state index in [2.05, 4.69) is 13.8 Å². The zero-order valence-corrected chi connectivity index (χ0v) is 26.8. The van der Waals surface area contributed by atoms with E-state index < -0.39 is 5.41 Å². The van der Waals surface area contributed by atoms with E-state index in [9.17, 15) is 15.0 Å². The first kappa shape index (κ1) is 38.4. The normalized spacial score (nSPS) is 12.6. The van der Waals surface area contributed by atoms with Crippen LogP contribution in [0.4, 0.5) is 0 Å². The van der Waals surface area contributed by atoms with Crippen LogP contribution >= 0.6 is 0 Å². The summed E-state index contributed by atoms with van der Waals surface area (Å²) < 4.78 is 5.56. The van der Waals surface area contributed by atoms with Crippen molar-refractivity contribution >= 4 is 5.97 Å². The van der Waals surface area contributed by atoms with Crippen LogP contribution in [0.1, 0.15) is 188 Å². The summed E-state index contributed by atoms with van der Waals surface area (Å²) in [5.41, 5.74) is -0.711. The largest absolute Gasteiger partial charge is 0.465 e. The van der Waals surface area contributed by atoms with Crippen LogP contribution in [0.5, 0.6) is 0 Å². The molecule has 2 N–H and O–H groups in total. The molecule has 0 aromatic rings. The standard InChI is InChI=1S/C35H70O4/c1-4-7-9-11-13-15-17-18-20-22-24-26-28-33(27-25-23-21-19-16-14-12-10-8-5-2)29-34(38)39-32-35(6-3,30-36)31-37/h33,36-37H,4-32H2,1-3H3. The van der Waals surface area contributed by atoms with E-state index in [1.807, 2.05) is 6.92 Å². The van der Waals surface area contributed by atoms with Crippen molar-refractivity contribution in [1.82, 2.24) is 0 Å². The molecule has 1 atom stereocenters. The first-order valence-electron chi connectivity index (χ1n) is 17.4. The summed E-state index contributed by atoms with van der Waals surface area (Å²) in [4.78, 5) is 12.7. The minimum Gasteiger partial charge on any atom is -0.465 e. The van der Waals surface area contributed by atoms with Gasteiger partial charge in [0.15, 0.2) is 0 Å². The van der Waals surface area contributed by atoms with Gasteiger partial charge in [0, 0.05) is 6.42 Å². The Hall–Kier alpha value is -0.610. The van der Waals surface area contributed by atoms with E-state index in [4.69, 9.17) is 4.74 Å². The highest BCUT2D eigenvalue weighted by molar-refractivity contribution is 5.69. The van der Waals surface area contributed by atoms with Gasteiger partial charge in [-0.2, -0.15) is 0 Å². The summed E-state index contributed by atoms with van der Waals surface area (Å²) in [7, 11) is 0. The predicted molar refractivity (Wildman–Crippen MR) is 168 cm³/mol. The molecule has 0 radical (unpaired) electrons. The molecule has 234 valence electrons. The molecule has 0 aliphatic rings. The van der Waals surface area contributed by atoms with Crippen molar-refractivity contribution in [2.45, 2.75) is 188 Å². The Kier molecular flexibility index (Phi) is 28.4. The lowest BCUT2D eigenvalue weighted by atomic mass is 9.88. The fourth-order valence-electron chi connectivity index (χ4n) is 5.54. The lowest BCUT2D eigenvalue weighted by Gasteiger charge is -2.28. The number of unbranched alkanes of at least 4 members (excludes halogenated alkanes) is 20. The van der Waals surface area contributed by atoms with Crippen molar-refractivity contribution in [3.05, 3.63) is 0 Å². The minimum atomic E-state index is -0.711.